The van der Waals surface area contributed by atoms with Gasteiger partial charge in [0.25, 0.3) is 0 Å². The summed E-state index contributed by atoms with van der Waals surface area (Å²) in [4.78, 5) is 2.07. The van der Waals surface area contributed by atoms with Gasteiger partial charge in [0, 0.05) is 30.2 Å². The summed E-state index contributed by atoms with van der Waals surface area (Å²) in [5, 5.41) is 11.1. The Kier molecular flexibility index (Phi) is 8.36. The first-order valence-electron chi connectivity index (χ1n) is 10.9. The molecule has 0 aliphatic carbocycles. The number of ether oxygens (including phenoxy) is 2. The van der Waals surface area contributed by atoms with E-state index >= 15 is 0 Å². The minimum Gasteiger partial charge on any atom is -0.389 e. The molecule has 1 aliphatic rings. The summed E-state index contributed by atoms with van der Waals surface area (Å²) in [6.07, 6.45) is -1.36. The summed E-state index contributed by atoms with van der Waals surface area (Å²) in [7, 11) is 0. The van der Waals surface area contributed by atoms with Crippen molar-refractivity contribution in [1.29, 1.82) is 0 Å². The number of aliphatic hydroxyl groups is 1. The van der Waals surface area contributed by atoms with Crippen LogP contribution >= 0.6 is 23.2 Å². The van der Waals surface area contributed by atoms with Crippen molar-refractivity contribution in [3.8, 4) is 0 Å². The van der Waals surface area contributed by atoms with Crippen molar-refractivity contribution in [1.82, 2.24) is 4.90 Å². The molecule has 1 N–H and O–H groups in total. The number of β-amino-alcohol motifs (C(OH)–C–C–N with tert-alkyl or cyclic N) is 1. The number of hydrogen-bond donors (Lipinski definition) is 1. The molecule has 1 heterocycles. The molecule has 174 valence electrons. The molecule has 0 amide bonds. The number of benzene rings is 3. The Labute approximate surface area is 203 Å². The van der Waals surface area contributed by atoms with Crippen LogP contribution in [0.4, 0.5) is 4.39 Å². The van der Waals surface area contributed by atoms with Gasteiger partial charge in [0.2, 0.25) is 0 Å². The Hall–Kier alpha value is -1.99. The number of hydrogen-bond acceptors (Lipinski definition) is 4. The molecule has 33 heavy (non-hydrogen) atoms. The van der Waals surface area contributed by atoms with Crippen molar-refractivity contribution in [3.05, 3.63) is 105 Å². The van der Waals surface area contributed by atoms with Crippen LogP contribution in [0.5, 0.6) is 0 Å². The molecule has 2 atom stereocenters. The van der Waals surface area contributed by atoms with E-state index in [2.05, 4.69) is 4.90 Å². The van der Waals surface area contributed by atoms with Gasteiger partial charge in [-0.2, -0.15) is 0 Å². The third kappa shape index (κ3) is 6.33. The van der Waals surface area contributed by atoms with Crippen LogP contribution in [0, 0.1) is 5.82 Å². The molecule has 3 aromatic rings. The van der Waals surface area contributed by atoms with E-state index in [0.29, 0.717) is 36.8 Å². The molecule has 4 rings (SSSR count). The average Bonchev–Trinajstić information content (AvgIpc) is 2.83. The number of rotatable bonds is 8. The summed E-state index contributed by atoms with van der Waals surface area (Å²) < 4.78 is 26.0. The lowest BCUT2D eigenvalue weighted by Gasteiger charge is -2.34. The molecule has 2 unspecified atom stereocenters. The van der Waals surface area contributed by atoms with Crippen LogP contribution in [-0.4, -0.2) is 49.0 Å². The van der Waals surface area contributed by atoms with Crippen molar-refractivity contribution in [2.24, 2.45) is 0 Å². The third-order valence-electron chi connectivity index (χ3n) is 5.67. The second kappa shape index (κ2) is 11.4. The van der Waals surface area contributed by atoms with Crippen LogP contribution in [0.15, 0.2) is 72.8 Å². The van der Waals surface area contributed by atoms with E-state index in [1.807, 2.05) is 60.7 Å². The lowest BCUT2D eigenvalue weighted by atomic mass is 10.0. The SMILES string of the molecule is OC(COC(c1ccccc1)c1ccccc1)CN1CCOC(c2cc(F)c(Cl)cc2Cl)C1. The van der Waals surface area contributed by atoms with Crippen LogP contribution in [0.1, 0.15) is 28.9 Å². The molecule has 7 heteroatoms. The molecule has 1 fully saturated rings. The van der Waals surface area contributed by atoms with Crippen molar-refractivity contribution >= 4 is 23.2 Å². The zero-order chi connectivity index (χ0) is 23.2. The largest absolute Gasteiger partial charge is 0.389 e. The van der Waals surface area contributed by atoms with Crippen molar-refractivity contribution in [2.45, 2.75) is 18.3 Å². The first-order chi connectivity index (χ1) is 16.0. The van der Waals surface area contributed by atoms with Crippen LogP contribution in [0.3, 0.4) is 0 Å². The molecule has 1 aliphatic heterocycles. The Morgan fingerprint density at radius 3 is 2.27 bits per heavy atom. The predicted molar refractivity (Wildman–Crippen MR) is 128 cm³/mol. The highest BCUT2D eigenvalue weighted by Crippen LogP contribution is 2.32. The lowest BCUT2D eigenvalue weighted by Crippen LogP contribution is -2.43. The van der Waals surface area contributed by atoms with Gasteiger partial charge >= 0.3 is 0 Å². The molecule has 0 radical (unpaired) electrons. The van der Waals surface area contributed by atoms with Crippen molar-refractivity contribution < 1.29 is 19.0 Å². The van der Waals surface area contributed by atoms with Crippen molar-refractivity contribution in [3.63, 3.8) is 0 Å². The molecular weight excluding hydrogens is 464 g/mol. The van der Waals surface area contributed by atoms with E-state index in [1.165, 1.54) is 12.1 Å². The second-order valence-electron chi connectivity index (χ2n) is 8.10. The fourth-order valence-corrected chi connectivity index (χ4v) is 4.54. The van der Waals surface area contributed by atoms with Gasteiger partial charge in [0.15, 0.2) is 0 Å². The van der Waals surface area contributed by atoms with E-state index in [9.17, 15) is 9.50 Å². The van der Waals surface area contributed by atoms with Gasteiger partial charge in [-0.3, -0.25) is 4.90 Å². The fraction of sp³-hybridized carbons (Fsp3) is 0.308. The standard InChI is InChI=1S/C26H26Cl2FNO3/c27-22-14-23(28)24(29)13-21(22)25-16-30(11-12-32-25)15-20(31)17-33-26(18-7-3-1-4-8-18)19-9-5-2-6-10-19/h1-10,13-14,20,25-26,31H,11-12,15-17H2. The quantitative estimate of drug-likeness (QED) is 0.413. The van der Waals surface area contributed by atoms with Gasteiger partial charge < -0.3 is 14.6 Å². The predicted octanol–water partition coefficient (Wildman–Crippen LogP) is 5.67. The van der Waals surface area contributed by atoms with Crippen molar-refractivity contribution in [2.75, 3.05) is 32.8 Å². The number of morpholine rings is 1. The molecular formula is C26H26Cl2FNO3. The van der Waals surface area contributed by atoms with Gasteiger partial charge in [0.05, 0.1) is 30.4 Å². The molecule has 0 aromatic heterocycles. The average molecular weight is 490 g/mol. The second-order valence-corrected chi connectivity index (χ2v) is 8.91. The zero-order valence-corrected chi connectivity index (χ0v) is 19.6. The summed E-state index contributed by atoms with van der Waals surface area (Å²) in [5.41, 5.74) is 2.62. The fourth-order valence-electron chi connectivity index (χ4n) is 4.04. The zero-order valence-electron chi connectivity index (χ0n) is 18.0. The topological polar surface area (TPSA) is 41.9 Å². The first-order valence-corrected chi connectivity index (χ1v) is 11.6. The maximum Gasteiger partial charge on any atom is 0.142 e. The van der Waals surface area contributed by atoms with Gasteiger partial charge in [-0.1, -0.05) is 83.9 Å². The summed E-state index contributed by atoms with van der Waals surface area (Å²) >= 11 is 12.1. The van der Waals surface area contributed by atoms with Gasteiger partial charge in [-0.05, 0) is 23.3 Å². The Morgan fingerprint density at radius 1 is 1.00 bits per heavy atom. The molecule has 0 bridgehead atoms. The van der Waals surface area contributed by atoms with Gasteiger partial charge in [0.1, 0.15) is 11.9 Å². The van der Waals surface area contributed by atoms with E-state index in [4.69, 9.17) is 32.7 Å². The van der Waals surface area contributed by atoms with E-state index in [0.717, 1.165) is 11.1 Å². The molecule has 1 saturated heterocycles. The number of nitrogens with zero attached hydrogens (tertiary/aromatic N) is 1. The monoisotopic (exact) mass is 489 g/mol. The summed E-state index contributed by atoms with van der Waals surface area (Å²) in [6, 6.07) is 22.6. The summed E-state index contributed by atoms with van der Waals surface area (Å²) in [5.74, 6) is -0.530. The maximum absolute atomic E-state index is 14.0. The van der Waals surface area contributed by atoms with Crippen LogP contribution in [-0.2, 0) is 9.47 Å². The van der Waals surface area contributed by atoms with Gasteiger partial charge in [-0.15, -0.1) is 0 Å². The highest BCUT2D eigenvalue weighted by atomic mass is 35.5. The van der Waals surface area contributed by atoms with Crippen LogP contribution in [0.25, 0.3) is 0 Å². The molecule has 4 nitrogen and oxygen atoms in total. The van der Waals surface area contributed by atoms with E-state index in [-0.39, 0.29) is 17.7 Å². The highest BCUT2D eigenvalue weighted by molar-refractivity contribution is 6.35. The Morgan fingerprint density at radius 2 is 1.64 bits per heavy atom. The number of aliphatic hydroxyl groups excluding tert-OH is 1. The molecule has 0 spiro atoms. The highest BCUT2D eigenvalue weighted by Gasteiger charge is 2.27. The first kappa shape index (κ1) is 24.1. The molecule has 3 aromatic carbocycles. The third-order valence-corrected chi connectivity index (χ3v) is 6.28. The summed E-state index contributed by atoms with van der Waals surface area (Å²) in [6.45, 7) is 2.17. The number of halogens is 3. The van der Waals surface area contributed by atoms with Gasteiger partial charge in [-0.25, -0.2) is 4.39 Å². The normalized spacial score (nSPS) is 17.9. The lowest BCUT2D eigenvalue weighted by molar-refractivity contribution is -0.0575. The smallest absolute Gasteiger partial charge is 0.142 e. The minimum atomic E-state index is -0.698. The molecule has 0 saturated carbocycles. The van der Waals surface area contributed by atoms with E-state index < -0.39 is 18.0 Å². The van der Waals surface area contributed by atoms with Crippen LogP contribution < -0.4 is 0 Å². The minimum absolute atomic E-state index is 0.0182. The van der Waals surface area contributed by atoms with E-state index in [1.54, 1.807) is 0 Å². The van der Waals surface area contributed by atoms with Crippen LogP contribution in [0.2, 0.25) is 10.0 Å². The Bertz CT molecular complexity index is 999. The maximum atomic E-state index is 14.0. The Balaban J connectivity index is 1.38.